The molecule has 1 N–H and O–H groups in total. The molecule has 0 radical (unpaired) electrons. The SMILES string of the molecule is Cc1c(F)ccc2c1C1(CCCCC1)C(=O)N2CC(=O)NCC(F)(F)F. The third kappa shape index (κ3) is 3.17. The number of carbonyl (C=O) groups is 2. The van der Waals surface area contributed by atoms with Gasteiger partial charge in [0.25, 0.3) is 0 Å². The van der Waals surface area contributed by atoms with E-state index in [0.29, 0.717) is 29.7 Å². The minimum atomic E-state index is -4.52. The van der Waals surface area contributed by atoms with Crippen molar-refractivity contribution in [3.05, 3.63) is 29.1 Å². The fourth-order valence-electron chi connectivity index (χ4n) is 4.15. The molecule has 142 valence electrons. The summed E-state index contributed by atoms with van der Waals surface area (Å²) in [5.41, 5.74) is 0.518. The van der Waals surface area contributed by atoms with Gasteiger partial charge in [-0.3, -0.25) is 9.59 Å². The maximum absolute atomic E-state index is 14.1. The molecule has 0 saturated heterocycles. The molecule has 1 aromatic carbocycles. The molecule has 1 fully saturated rings. The molecular weight excluding hydrogens is 352 g/mol. The number of anilines is 1. The molecule has 4 nitrogen and oxygen atoms in total. The zero-order valence-corrected chi connectivity index (χ0v) is 14.4. The highest BCUT2D eigenvalue weighted by Gasteiger charge is 2.52. The number of carbonyl (C=O) groups excluding carboxylic acids is 2. The number of amides is 2. The topological polar surface area (TPSA) is 49.4 Å². The molecular formula is C18H20F4N2O2. The van der Waals surface area contributed by atoms with Gasteiger partial charge < -0.3 is 10.2 Å². The first-order chi connectivity index (χ1) is 12.2. The van der Waals surface area contributed by atoms with Crippen LogP contribution in [0.4, 0.5) is 23.2 Å². The highest BCUT2D eigenvalue weighted by Crippen LogP contribution is 2.51. The number of rotatable bonds is 3. The summed E-state index contributed by atoms with van der Waals surface area (Å²) in [5.74, 6) is -1.63. The number of halogens is 4. The van der Waals surface area contributed by atoms with Crippen molar-refractivity contribution in [3.8, 4) is 0 Å². The second kappa shape index (κ2) is 6.55. The molecule has 26 heavy (non-hydrogen) atoms. The van der Waals surface area contributed by atoms with Crippen molar-refractivity contribution in [2.45, 2.75) is 50.6 Å². The zero-order chi connectivity index (χ0) is 19.1. The Morgan fingerprint density at radius 3 is 2.50 bits per heavy atom. The van der Waals surface area contributed by atoms with Crippen molar-refractivity contribution in [1.82, 2.24) is 5.32 Å². The number of hydrogen-bond donors (Lipinski definition) is 1. The normalized spacial score (nSPS) is 19.0. The Morgan fingerprint density at radius 1 is 1.23 bits per heavy atom. The van der Waals surface area contributed by atoms with Crippen molar-refractivity contribution in [3.63, 3.8) is 0 Å². The van der Waals surface area contributed by atoms with Crippen LogP contribution in [0.25, 0.3) is 0 Å². The Hall–Kier alpha value is -2.12. The van der Waals surface area contributed by atoms with E-state index in [1.165, 1.54) is 17.0 Å². The molecule has 0 aromatic heterocycles. The zero-order valence-electron chi connectivity index (χ0n) is 14.4. The molecule has 8 heteroatoms. The standard InChI is InChI=1S/C18H20F4N2O2/c1-11-12(19)5-6-13-15(11)17(7-3-2-4-8-17)16(26)24(13)9-14(25)23-10-18(20,21)22/h5-6H,2-4,7-10H2,1H3,(H,23,25). The summed E-state index contributed by atoms with van der Waals surface area (Å²) in [5, 5.41) is 1.79. The summed E-state index contributed by atoms with van der Waals surface area (Å²) in [7, 11) is 0. The Labute approximate surface area is 148 Å². The summed E-state index contributed by atoms with van der Waals surface area (Å²) >= 11 is 0. The molecule has 0 atom stereocenters. The lowest BCUT2D eigenvalue weighted by atomic mass is 9.69. The summed E-state index contributed by atoms with van der Waals surface area (Å²) in [4.78, 5) is 26.3. The maximum Gasteiger partial charge on any atom is 0.405 e. The second-order valence-corrected chi connectivity index (χ2v) is 6.99. The lowest BCUT2D eigenvalue weighted by Gasteiger charge is -2.33. The fraction of sp³-hybridized carbons (Fsp3) is 0.556. The monoisotopic (exact) mass is 372 g/mol. The third-order valence-electron chi connectivity index (χ3n) is 5.30. The Morgan fingerprint density at radius 2 is 1.88 bits per heavy atom. The number of alkyl halides is 3. The van der Waals surface area contributed by atoms with Crippen molar-refractivity contribution < 1.29 is 27.2 Å². The third-order valence-corrected chi connectivity index (χ3v) is 5.30. The molecule has 2 aliphatic rings. The fourth-order valence-corrected chi connectivity index (χ4v) is 4.15. The van der Waals surface area contributed by atoms with Gasteiger partial charge in [-0.2, -0.15) is 13.2 Å². The Bertz CT molecular complexity index is 739. The number of hydrogen-bond acceptors (Lipinski definition) is 2. The summed E-state index contributed by atoms with van der Waals surface area (Å²) in [6, 6.07) is 2.67. The molecule has 1 saturated carbocycles. The van der Waals surface area contributed by atoms with Gasteiger partial charge in [0.05, 0.1) is 5.41 Å². The number of nitrogens with zero attached hydrogens (tertiary/aromatic N) is 1. The first-order valence-electron chi connectivity index (χ1n) is 8.61. The molecule has 1 aliphatic heterocycles. The van der Waals surface area contributed by atoms with E-state index in [9.17, 15) is 27.2 Å². The van der Waals surface area contributed by atoms with Gasteiger partial charge in [-0.1, -0.05) is 19.3 Å². The summed E-state index contributed by atoms with van der Waals surface area (Å²) in [6.45, 7) is -0.353. The van der Waals surface area contributed by atoms with Crippen molar-refractivity contribution >= 4 is 17.5 Å². The van der Waals surface area contributed by atoms with Crippen LogP contribution in [0.2, 0.25) is 0 Å². The van der Waals surface area contributed by atoms with Crippen LogP contribution in [-0.4, -0.2) is 31.1 Å². The van der Waals surface area contributed by atoms with Gasteiger partial charge >= 0.3 is 6.18 Å². The average Bonchev–Trinajstić information content (AvgIpc) is 2.79. The largest absolute Gasteiger partial charge is 0.405 e. The Kier molecular flexibility index (Phi) is 4.71. The molecule has 0 unspecified atom stereocenters. The van der Waals surface area contributed by atoms with Crippen LogP contribution in [0.5, 0.6) is 0 Å². The van der Waals surface area contributed by atoms with E-state index < -0.39 is 36.4 Å². The molecule has 0 bridgehead atoms. The predicted molar refractivity (Wildman–Crippen MR) is 87.3 cm³/mol. The second-order valence-electron chi connectivity index (χ2n) is 6.99. The highest BCUT2D eigenvalue weighted by atomic mass is 19.4. The number of benzene rings is 1. The van der Waals surface area contributed by atoms with Gasteiger partial charge in [0.1, 0.15) is 18.9 Å². The van der Waals surface area contributed by atoms with E-state index in [1.807, 2.05) is 0 Å². The van der Waals surface area contributed by atoms with Crippen LogP contribution in [0.3, 0.4) is 0 Å². The van der Waals surface area contributed by atoms with Crippen LogP contribution < -0.4 is 10.2 Å². The Balaban J connectivity index is 1.92. The smallest absolute Gasteiger partial charge is 0.345 e. The average molecular weight is 372 g/mol. The van der Waals surface area contributed by atoms with Gasteiger partial charge in [-0.15, -0.1) is 0 Å². The minimum absolute atomic E-state index is 0.317. The van der Waals surface area contributed by atoms with Crippen LogP contribution in [0.1, 0.15) is 43.2 Å². The van der Waals surface area contributed by atoms with Gasteiger partial charge in [0, 0.05) is 5.69 Å². The van der Waals surface area contributed by atoms with Gasteiger partial charge in [0.15, 0.2) is 0 Å². The van der Waals surface area contributed by atoms with Crippen LogP contribution in [0.15, 0.2) is 12.1 Å². The van der Waals surface area contributed by atoms with Crippen molar-refractivity contribution in [2.75, 3.05) is 18.0 Å². The molecule has 1 spiro atoms. The van der Waals surface area contributed by atoms with Gasteiger partial charge in [0.2, 0.25) is 11.8 Å². The van der Waals surface area contributed by atoms with Crippen LogP contribution in [0, 0.1) is 12.7 Å². The lowest BCUT2D eigenvalue weighted by Crippen LogP contribution is -2.46. The van der Waals surface area contributed by atoms with E-state index >= 15 is 0 Å². The number of nitrogens with one attached hydrogen (secondary N) is 1. The summed E-state index contributed by atoms with van der Waals surface area (Å²) < 4.78 is 51.0. The first kappa shape index (κ1) is 18.7. The van der Waals surface area contributed by atoms with Crippen LogP contribution >= 0.6 is 0 Å². The molecule has 3 rings (SSSR count). The molecule has 1 aromatic rings. The van der Waals surface area contributed by atoms with E-state index in [4.69, 9.17) is 0 Å². The summed E-state index contributed by atoms with van der Waals surface area (Å²) in [6.07, 6.45) is -0.796. The van der Waals surface area contributed by atoms with E-state index in [-0.39, 0.29) is 5.91 Å². The molecule has 1 heterocycles. The van der Waals surface area contributed by atoms with Gasteiger partial charge in [-0.05, 0) is 43.0 Å². The van der Waals surface area contributed by atoms with Gasteiger partial charge in [-0.25, -0.2) is 4.39 Å². The van der Waals surface area contributed by atoms with E-state index in [1.54, 1.807) is 12.2 Å². The van der Waals surface area contributed by atoms with Crippen molar-refractivity contribution in [1.29, 1.82) is 0 Å². The quantitative estimate of drug-likeness (QED) is 0.828. The lowest BCUT2D eigenvalue weighted by molar-refractivity contribution is -0.138. The van der Waals surface area contributed by atoms with E-state index in [2.05, 4.69) is 0 Å². The highest BCUT2D eigenvalue weighted by molar-refractivity contribution is 6.11. The molecule has 2 amide bonds. The molecule has 1 aliphatic carbocycles. The van der Waals surface area contributed by atoms with Crippen LogP contribution in [-0.2, 0) is 15.0 Å². The maximum atomic E-state index is 14.1. The minimum Gasteiger partial charge on any atom is -0.345 e. The van der Waals surface area contributed by atoms with E-state index in [0.717, 1.165) is 19.3 Å². The van der Waals surface area contributed by atoms with Crippen molar-refractivity contribution in [2.24, 2.45) is 0 Å². The number of fused-ring (bicyclic) bond motifs is 2. The first-order valence-corrected chi connectivity index (χ1v) is 8.61. The predicted octanol–water partition coefficient (Wildman–Crippen LogP) is 3.36.